The van der Waals surface area contributed by atoms with Gasteiger partial charge in [-0.3, -0.25) is 9.80 Å². The zero-order valence-electron chi connectivity index (χ0n) is 28.2. The normalized spacial score (nSPS) is 20.5. The lowest BCUT2D eigenvalue weighted by atomic mass is 9.87. The van der Waals surface area contributed by atoms with Crippen molar-refractivity contribution in [2.75, 3.05) is 39.3 Å². The number of benzene rings is 2. The minimum absolute atomic E-state index is 0.0301. The molecular formula is C36H52F6N2O2. The van der Waals surface area contributed by atoms with Crippen molar-refractivity contribution in [2.24, 2.45) is 0 Å². The molecule has 2 aliphatic rings. The van der Waals surface area contributed by atoms with Gasteiger partial charge < -0.3 is 9.47 Å². The Kier molecular flexibility index (Phi) is 13.3. The standard InChI is InChI=1S/2C18H26F3NO/c2*1-17(2,3)14-6-8-15(9-7-14)23-16-5-4-11-22(13-16)12-10-18(19,20)21/h2*6-9,16H,4-5,10-13H2,1-3H3/t16-;/m0./s1. The van der Waals surface area contributed by atoms with Crippen LogP contribution >= 0.6 is 0 Å². The highest BCUT2D eigenvalue weighted by Gasteiger charge is 2.31. The summed E-state index contributed by atoms with van der Waals surface area (Å²) in [5.41, 5.74) is 2.66. The predicted molar refractivity (Wildman–Crippen MR) is 172 cm³/mol. The van der Waals surface area contributed by atoms with Gasteiger partial charge in [0.25, 0.3) is 0 Å². The maximum atomic E-state index is 12.3. The molecule has 2 aromatic rings. The van der Waals surface area contributed by atoms with Crippen molar-refractivity contribution >= 4 is 0 Å². The van der Waals surface area contributed by atoms with Crippen molar-refractivity contribution in [3.63, 3.8) is 0 Å². The molecule has 0 spiro atoms. The van der Waals surface area contributed by atoms with Gasteiger partial charge >= 0.3 is 12.4 Å². The van der Waals surface area contributed by atoms with Crippen LogP contribution in [-0.2, 0) is 10.8 Å². The van der Waals surface area contributed by atoms with Gasteiger partial charge in [-0.1, -0.05) is 65.8 Å². The lowest BCUT2D eigenvalue weighted by Crippen LogP contribution is -2.42. The van der Waals surface area contributed by atoms with Gasteiger partial charge in [-0.25, -0.2) is 0 Å². The topological polar surface area (TPSA) is 24.9 Å². The van der Waals surface area contributed by atoms with E-state index < -0.39 is 25.2 Å². The average Bonchev–Trinajstić information content (AvgIpc) is 2.95. The molecular weight excluding hydrogens is 606 g/mol. The highest BCUT2D eigenvalue weighted by molar-refractivity contribution is 5.32. The fourth-order valence-electron chi connectivity index (χ4n) is 5.65. The fraction of sp³-hybridized carbons (Fsp3) is 0.667. The van der Waals surface area contributed by atoms with E-state index in [1.165, 1.54) is 11.1 Å². The van der Waals surface area contributed by atoms with Gasteiger partial charge in [0.2, 0.25) is 0 Å². The third kappa shape index (κ3) is 14.1. The van der Waals surface area contributed by atoms with Crippen LogP contribution in [0.4, 0.5) is 26.3 Å². The molecule has 0 aliphatic carbocycles. The molecule has 2 aromatic carbocycles. The number of halogens is 6. The number of rotatable bonds is 8. The predicted octanol–water partition coefficient (Wildman–Crippen LogP) is 9.56. The molecule has 2 heterocycles. The second-order valence-electron chi connectivity index (χ2n) is 14.6. The summed E-state index contributed by atoms with van der Waals surface area (Å²) < 4.78 is 85.9. The van der Waals surface area contributed by atoms with E-state index in [1.807, 2.05) is 34.1 Å². The maximum absolute atomic E-state index is 12.3. The first-order valence-corrected chi connectivity index (χ1v) is 16.4. The largest absolute Gasteiger partial charge is 0.489 e. The van der Waals surface area contributed by atoms with E-state index in [1.54, 1.807) is 0 Å². The summed E-state index contributed by atoms with van der Waals surface area (Å²) in [5, 5.41) is 0. The van der Waals surface area contributed by atoms with E-state index in [0.29, 0.717) is 13.1 Å². The smallest absolute Gasteiger partial charge is 0.390 e. The second kappa shape index (κ2) is 16.1. The van der Waals surface area contributed by atoms with Crippen molar-refractivity contribution < 1.29 is 35.8 Å². The van der Waals surface area contributed by atoms with Crippen LogP contribution in [0.15, 0.2) is 48.5 Å². The number of alkyl halides is 6. The van der Waals surface area contributed by atoms with Crippen molar-refractivity contribution in [3.05, 3.63) is 59.7 Å². The Hall–Kier alpha value is -2.46. The van der Waals surface area contributed by atoms with Crippen molar-refractivity contribution in [2.45, 2.75) is 115 Å². The molecule has 0 radical (unpaired) electrons. The Morgan fingerprint density at radius 1 is 0.565 bits per heavy atom. The Balaban J connectivity index is 0.000000250. The maximum Gasteiger partial charge on any atom is 0.390 e. The van der Waals surface area contributed by atoms with Crippen LogP contribution < -0.4 is 9.47 Å². The molecule has 10 heteroatoms. The van der Waals surface area contributed by atoms with E-state index in [0.717, 1.165) is 50.3 Å². The molecule has 2 atom stereocenters. The molecule has 1 unspecified atom stereocenters. The molecule has 2 aliphatic heterocycles. The number of hydrogen-bond donors (Lipinski definition) is 0. The number of nitrogens with zero attached hydrogens (tertiary/aromatic N) is 2. The Morgan fingerprint density at radius 3 is 1.17 bits per heavy atom. The lowest BCUT2D eigenvalue weighted by molar-refractivity contribution is -0.140. The Bertz CT molecular complexity index is 1070. The summed E-state index contributed by atoms with van der Waals surface area (Å²) in [5.74, 6) is 1.58. The van der Waals surface area contributed by atoms with E-state index in [-0.39, 0.29) is 36.1 Å². The van der Waals surface area contributed by atoms with E-state index >= 15 is 0 Å². The minimum atomic E-state index is -4.09. The third-order valence-electron chi connectivity index (χ3n) is 8.39. The monoisotopic (exact) mass is 658 g/mol. The molecule has 2 saturated heterocycles. The SMILES string of the molecule is CC(C)(C)c1ccc(OC2CCCN(CCC(F)(F)F)C2)cc1.CC(C)(C)c1ccc(O[C@H]2CCCN(CCC(F)(F)F)C2)cc1. The summed E-state index contributed by atoms with van der Waals surface area (Å²) >= 11 is 0. The molecule has 260 valence electrons. The lowest BCUT2D eigenvalue weighted by Gasteiger charge is -2.33. The summed E-state index contributed by atoms with van der Waals surface area (Å²) in [7, 11) is 0. The van der Waals surface area contributed by atoms with Crippen LogP contribution in [0.3, 0.4) is 0 Å². The Morgan fingerprint density at radius 2 is 0.891 bits per heavy atom. The molecule has 2 fully saturated rings. The van der Waals surface area contributed by atoms with Gasteiger partial charge in [0.05, 0.1) is 12.8 Å². The first kappa shape index (κ1) is 38.0. The number of ether oxygens (including phenoxy) is 2. The van der Waals surface area contributed by atoms with E-state index in [9.17, 15) is 26.3 Å². The van der Waals surface area contributed by atoms with Gasteiger partial charge in [0.1, 0.15) is 23.7 Å². The third-order valence-corrected chi connectivity index (χ3v) is 8.39. The van der Waals surface area contributed by atoms with Crippen LogP contribution in [-0.4, -0.2) is 73.6 Å². The average molecular weight is 659 g/mol. The summed E-state index contributed by atoms with van der Waals surface area (Å²) in [6.45, 7) is 15.6. The van der Waals surface area contributed by atoms with Gasteiger partial charge in [-0.05, 0) is 85.0 Å². The molecule has 0 N–H and O–H groups in total. The van der Waals surface area contributed by atoms with Crippen molar-refractivity contribution in [1.82, 2.24) is 9.80 Å². The van der Waals surface area contributed by atoms with E-state index in [4.69, 9.17) is 9.47 Å². The van der Waals surface area contributed by atoms with Crippen LogP contribution in [0.2, 0.25) is 0 Å². The first-order chi connectivity index (χ1) is 21.3. The minimum Gasteiger partial charge on any atom is -0.489 e. The van der Waals surface area contributed by atoms with Crippen molar-refractivity contribution in [1.29, 1.82) is 0 Å². The molecule has 0 bridgehead atoms. The van der Waals surface area contributed by atoms with Crippen LogP contribution in [0.5, 0.6) is 11.5 Å². The molecule has 0 aromatic heterocycles. The molecule has 46 heavy (non-hydrogen) atoms. The number of piperidine rings is 2. The quantitative estimate of drug-likeness (QED) is 0.264. The summed E-state index contributed by atoms with van der Waals surface area (Å²) in [4.78, 5) is 3.70. The zero-order chi connectivity index (χ0) is 34.2. The second-order valence-corrected chi connectivity index (χ2v) is 14.6. The highest BCUT2D eigenvalue weighted by atomic mass is 19.4. The van der Waals surface area contributed by atoms with Crippen molar-refractivity contribution in [3.8, 4) is 11.5 Å². The molecule has 4 rings (SSSR count). The first-order valence-electron chi connectivity index (χ1n) is 16.4. The fourth-order valence-corrected chi connectivity index (χ4v) is 5.65. The van der Waals surface area contributed by atoms with Crippen LogP contribution in [0, 0.1) is 0 Å². The zero-order valence-corrected chi connectivity index (χ0v) is 28.2. The molecule has 0 saturated carbocycles. The van der Waals surface area contributed by atoms with E-state index in [2.05, 4.69) is 65.8 Å². The summed E-state index contributed by atoms with van der Waals surface area (Å²) in [6.07, 6.45) is -6.19. The van der Waals surface area contributed by atoms with Gasteiger partial charge in [0, 0.05) is 26.2 Å². The molecule has 0 amide bonds. The summed E-state index contributed by atoms with van der Waals surface area (Å²) in [6, 6.07) is 16.0. The van der Waals surface area contributed by atoms with Crippen LogP contribution in [0.25, 0.3) is 0 Å². The highest BCUT2D eigenvalue weighted by Crippen LogP contribution is 2.28. The number of likely N-dealkylation sites (tertiary alicyclic amines) is 2. The van der Waals surface area contributed by atoms with Gasteiger partial charge in [-0.15, -0.1) is 0 Å². The van der Waals surface area contributed by atoms with Gasteiger partial charge in [-0.2, -0.15) is 26.3 Å². The molecule has 4 nitrogen and oxygen atoms in total. The Labute approximate surface area is 271 Å². The number of hydrogen-bond acceptors (Lipinski definition) is 4. The van der Waals surface area contributed by atoms with Gasteiger partial charge in [0.15, 0.2) is 0 Å². The van der Waals surface area contributed by atoms with Crippen LogP contribution in [0.1, 0.15) is 91.2 Å².